The fourth-order valence-electron chi connectivity index (χ4n) is 3.87. The summed E-state index contributed by atoms with van der Waals surface area (Å²) in [6, 6.07) is 0. The van der Waals surface area contributed by atoms with Crippen LogP contribution in [-0.2, 0) is 0 Å². The molecule has 1 heterocycles. The molecule has 1 aliphatic carbocycles. The first-order valence-electron chi connectivity index (χ1n) is 8.05. The van der Waals surface area contributed by atoms with Crippen LogP contribution in [0.4, 0.5) is 0 Å². The van der Waals surface area contributed by atoms with Gasteiger partial charge in [0.25, 0.3) is 0 Å². The van der Waals surface area contributed by atoms with Crippen molar-refractivity contribution in [2.24, 2.45) is 11.7 Å². The van der Waals surface area contributed by atoms with Crippen LogP contribution in [0.3, 0.4) is 0 Å². The fraction of sp³-hybridized carbons (Fsp3) is 1.00. The standard InChI is InChI=1S/C16H33N3/c1-14-6-5-7-16(17,12-14)13-18-8-10-19(11-9-18)15(2,3)4/h14H,5-13,17H2,1-4H3. The molecular formula is C16H33N3. The van der Waals surface area contributed by atoms with Crippen molar-refractivity contribution in [3.63, 3.8) is 0 Å². The molecule has 1 aliphatic heterocycles. The van der Waals surface area contributed by atoms with Crippen LogP contribution in [0.5, 0.6) is 0 Å². The smallest absolute Gasteiger partial charge is 0.0285 e. The molecule has 2 fully saturated rings. The summed E-state index contributed by atoms with van der Waals surface area (Å²) in [6.07, 6.45) is 5.12. The molecule has 0 bridgehead atoms. The van der Waals surface area contributed by atoms with E-state index in [0.29, 0.717) is 5.54 Å². The largest absolute Gasteiger partial charge is 0.324 e. The molecule has 2 aliphatic rings. The van der Waals surface area contributed by atoms with Crippen molar-refractivity contribution in [2.45, 2.75) is 64.5 Å². The summed E-state index contributed by atoms with van der Waals surface area (Å²) < 4.78 is 0. The van der Waals surface area contributed by atoms with E-state index in [1.165, 1.54) is 51.9 Å². The number of nitrogens with two attached hydrogens (primary N) is 1. The zero-order valence-electron chi connectivity index (χ0n) is 13.4. The van der Waals surface area contributed by atoms with E-state index in [-0.39, 0.29) is 5.54 Å². The maximum Gasteiger partial charge on any atom is 0.0285 e. The molecule has 3 heteroatoms. The third kappa shape index (κ3) is 4.17. The maximum absolute atomic E-state index is 6.65. The predicted molar refractivity (Wildman–Crippen MR) is 82.3 cm³/mol. The number of rotatable bonds is 2. The van der Waals surface area contributed by atoms with Gasteiger partial charge in [-0.15, -0.1) is 0 Å². The minimum absolute atomic E-state index is 0.0849. The molecule has 19 heavy (non-hydrogen) atoms. The van der Waals surface area contributed by atoms with E-state index in [2.05, 4.69) is 37.5 Å². The summed E-state index contributed by atoms with van der Waals surface area (Å²) in [4.78, 5) is 5.19. The van der Waals surface area contributed by atoms with E-state index in [1.807, 2.05) is 0 Å². The summed E-state index contributed by atoms with van der Waals surface area (Å²) >= 11 is 0. The van der Waals surface area contributed by atoms with E-state index >= 15 is 0 Å². The van der Waals surface area contributed by atoms with Gasteiger partial charge in [0.2, 0.25) is 0 Å². The van der Waals surface area contributed by atoms with Gasteiger partial charge in [0, 0.05) is 43.8 Å². The van der Waals surface area contributed by atoms with Gasteiger partial charge < -0.3 is 5.73 Å². The second-order valence-electron chi connectivity index (χ2n) is 8.00. The molecule has 1 saturated carbocycles. The minimum Gasteiger partial charge on any atom is -0.324 e. The zero-order valence-corrected chi connectivity index (χ0v) is 13.4. The van der Waals surface area contributed by atoms with Crippen LogP contribution < -0.4 is 5.73 Å². The van der Waals surface area contributed by atoms with Crippen molar-refractivity contribution in [3.8, 4) is 0 Å². The minimum atomic E-state index is 0.0849. The molecule has 2 atom stereocenters. The molecule has 2 rings (SSSR count). The van der Waals surface area contributed by atoms with Crippen molar-refractivity contribution in [3.05, 3.63) is 0 Å². The number of nitrogens with zero attached hydrogens (tertiary/aromatic N) is 2. The molecule has 1 saturated heterocycles. The van der Waals surface area contributed by atoms with Gasteiger partial charge >= 0.3 is 0 Å². The van der Waals surface area contributed by atoms with Gasteiger partial charge in [-0.25, -0.2) is 0 Å². The summed E-state index contributed by atoms with van der Waals surface area (Å²) in [5.41, 5.74) is 7.04. The number of piperazine rings is 1. The summed E-state index contributed by atoms with van der Waals surface area (Å²) in [5.74, 6) is 0.814. The SMILES string of the molecule is CC1CCCC(N)(CN2CCN(C(C)(C)C)CC2)C1. The molecule has 0 amide bonds. The lowest BCUT2D eigenvalue weighted by molar-refractivity contribution is 0.0446. The van der Waals surface area contributed by atoms with Crippen molar-refractivity contribution in [1.82, 2.24) is 9.80 Å². The lowest BCUT2D eigenvalue weighted by Crippen LogP contribution is -2.59. The van der Waals surface area contributed by atoms with Gasteiger partial charge in [-0.2, -0.15) is 0 Å². The van der Waals surface area contributed by atoms with Crippen LogP contribution in [0.1, 0.15) is 53.4 Å². The Kier molecular flexibility index (Phi) is 4.59. The van der Waals surface area contributed by atoms with Gasteiger partial charge in [-0.3, -0.25) is 9.80 Å². The third-order valence-electron chi connectivity index (χ3n) is 4.99. The quantitative estimate of drug-likeness (QED) is 0.833. The van der Waals surface area contributed by atoms with Crippen molar-refractivity contribution in [1.29, 1.82) is 0 Å². The van der Waals surface area contributed by atoms with Gasteiger partial charge in [0.1, 0.15) is 0 Å². The molecule has 2 unspecified atom stereocenters. The first kappa shape index (κ1) is 15.3. The molecule has 0 spiro atoms. The first-order chi connectivity index (χ1) is 8.78. The Balaban J connectivity index is 1.82. The average molecular weight is 267 g/mol. The number of hydrogen-bond donors (Lipinski definition) is 1. The highest BCUT2D eigenvalue weighted by Crippen LogP contribution is 2.31. The molecule has 0 aromatic rings. The summed E-state index contributed by atoms with van der Waals surface area (Å²) in [7, 11) is 0. The summed E-state index contributed by atoms with van der Waals surface area (Å²) in [6.45, 7) is 15.2. The Morgan fingerprint density at radius 1 is 1.16 bits per heavy atom. The normalized spacial score (nSPS) is 35.5. The van der Waals surface area contributed by atoms with Crippen molar-refractivity contribution in [2.75, 3.05) is 32.7 Å². The monoisotopic (exact) mass is 267 g/mol. The number of hydrogen-bond acceptors (Lipinski definition) is 3. The Morgan fingerprint density at radius 2 is 1.79 bits per heavy atom. The van der Waals surface area contributed by atoms with E-state index in [9.17, 15) is 0 Å². The lowest BCUT2D eigenvalue weighted by atomic mass is 9.76. The molecule has 112 valence electrons. The van der Waals surface area contributed by atoms with Gasteiger partial charge in [0.05, 0.1) is 0 Å². The average Bonchev–Trinajstić information content (AvgIpc) is 2.27. The van der Waals surface area contributed by atoms with Crippen LogP contribution in [0.25, 0.3) is 0 Å². The third-order valence-corrected chi connectivity index (χ3v) is 4.99. The Morgan fingerprint density at radius 3 is 2.32 bits per heavy atom. The zero-order chi connectivity index (χ0) is 14.1. The predicted octanol–water partition coefficient (Wildman–Crippen LogP) is 2.31. The summed E-state index contributed by atoms with van der Waals surface area (Å²) in [5, 5.41) is 0. The van der Waals surface area contributed by atoms with Crippen LogP contribution in [0.2, 0.25) is 0 Å². The Labute approximate surface area is 119 Å². The van der Waals surface area contributed by atoms with Crippen molar-refractivity contribution >= 4 is 0 Å². The molecule has 3 nitrogen and oxygen atoms in total. The fourth-order valence-corrected chi connectivity index (χ4v) is 3.87. The van der Waals surface area contributed by atoms with E-state index in [1.54, 1.807) is 0 Å². The molecule has 0 radical (unpaired) electrons. The van der Waals surface area contributed by atoms with Crippen LogP contribution in [0.15, 0.2) is 0 Å². The van der Waals surface area contributed by atoms with E-state index < -0.39 is 0 Å². The lowest BCUT2D eigenvalue weighted by Gasteiger charge is -2.46. The van der Waals surface area contributed by atoms with Crippen LogP contribution in [-0.4, -0.2) is 53.6 Å². The van der Waals surface area contributed by atoms with E-state index in [0.717, 1.165) is 12.5 Å². The molecule has 0 aromatic carbocycles. The van der Waals surface area contributed by atoms with Crippen molar-refractivity contribution < 1.29 is 0 Å². The van der Waals surface area contributed by atoms with Gasteiger partial charge in [-0.05, 0) is 39.5 Å². The highest BCUT2D eigenvalue weighted by atomic mass is 15.3. The van der Waals surface area contributed by atoms with Gasteiger partial charge in [0.15, 0.2) is 0 Å². The second kappa shape index (κ2) is 5.71. The molecule has 0 aromatic heterocycles. The van der Waals surface area contributed by atoms with Crippen LogP contribution >= 0.6 is 0 Å². The van der Waals surface area contributed by atoms with Crippen LogP contribution in [0, 0.1) is 5.92 Å². The Hall–Kier alpha value is -0.120. The highest BCUT2D eigenvalue weighted by Gasteiger charge is 2.34. The second-order valence-corrected chi connectivity index (χ2v) is 8.00. The Bertz CT molecular complexity index is 289. The van der Waals surface area contributed by atoms with E-state index in [4.69, 9.17) is 5.73 Å². The topological polar surface area (TPSA) is 32.5 Å². The first-order valence-corrected chi connectivity index (χ1v) is 8.05. The molecule has 2 N–H and O–H groups in total. The highest BCUT2D eigenvalue weighted by molar-refractivity contribution is 4.94. The maximum atomic E-state index is 6.65. The molecular weight excluding hydrogens is 234 g/mol. The van der Waals surface area contributed by atoms with Gasteiger partial charge in [-0.1, -0.05) is 19.8 Å².